The first-order chi connectivity index (χ1) is 20.3. The summed E-state index contributed by atoms with van der Waals surface area (Å²) in [5.41, 5.74) is 2.18. The molecule has 0 saturated carbocycles. The molecule has 42 heavy (non-hydrogen) atoms. The zero-order valence-electron chi connectivity index (χ0n) is 23.5. The second kappa shape index (κ2) is 13.2. The van der Waals surface area contributed by atoms with Crippen molar-refractivity contribution in [3.05, 3.63) is 119 Å². The van der Waals surface area contributed by atoms with Gasteiger partial charge in [-0.2, -0.15) is 13.2 Å². The normalized spacial score (nSPS) is 13.9. The minimum absolute atomic E-state index is 0.156. The Morgan fingerprint density at radius 3 is 2.12 bits per heavy atom. The molecule has 0 atom stereocenters. The average Bonchev–Trinajstić information content (AvgIpc) is 3.46. The van der Waals surface area contributed by atoms with Gasteiger partial charge in [0, 0.05) is 39.3 Å². The molecule has 0 radical (unpaired) electrons. The lowest BCUT2D eigenvalue weighted by Crippen LogP contribution is -2.48. The lowest BCUT2D eigenvalue weighted by atomic mass is 10.1. The third kappa shape index (κ3) is 7.33. The van der Waals surface area contributed by atoms with Gasteiger partial charge >= 0.3 is 6.18 Å². The first-order valence-corrected chi connectivity index (χ1v) is 14.1. The Balaban J connectivity index is 1.23. The highest BCUT2D eigenvalue weighted by atomic mass is 19.4. The van der Waals surface area contributed by atoms with Crippen LogP contribution in [-0.2, 0) is 25.8 Å². The van der Waals surface area contributed by atoms with E-state index in [0.29, 0.717) is 58.2 Å². The molecular formula is C33H34F3N3O3. The van der Waals surface area contributed by atoms with E-state index in [9.17, 15) is 18.0 Å². The molecule has 9 heteroatoms. The van der Waals surface area contributed by atoms with Gasteiger partial charge in [-0.15, -0.1) is 0 Å². The van der Waals surface area contributed by atoms with Crippen molar-refractivity contribution in [2.75, 3.05) is 37.7 Å². The van der Waals surface area contributed by atoms with E-state index in [4.69, 9.17) is 9.15 Å². The number of carbonyl (C=O) groups is 1. The van der Waals surface area contributed by atoms with Crippen molar-refractivity contribution >= 4 is 11.6 Å². The molecule has 1 saturated heterocycles. The van der Waals surface area contributed by atoms with Gasteiger partial charge in [0.15, 0.2) is 5.76 Å². The Bertz CT molecular complexity index is 1450. The Morgan fingerprint density at radius 1 is 0.810 bits per heavy atom. The number of nitrogens with zero attached hydrogens (tertiary/aromatic N) is 3. The van der Waals surface area contributed by atoms with E-state index in [1.165, 1.54) is 12.1 Å². The molecule has 1 amide bonds. The summed E-state index contributed by atoms with van der Waals surface area (Å²) in [6.07, 6.45) is -4.38. The molecule has 1 aliphatic heterocycles. The highest BCUT2D eigenvalue weighted by Crippen LogP contribution is 2.30. The van der Waals surface area contributed by atoms with Gasteiger partial charge in [-0.1, -0.05) is 54.6 Å². The van der Waals surface area contributed by atoms with Crippen LogP contribution in [0.5, 0.6) is 5.75 Å². The molecule has 0 unspecified atom stereocenters. The van der Waals surface area contributed by atoms with Crippen LogP contribution in [0.2, 0.25) is 0 Å². The molecule has 1 fully saturated rings. The van der Waals surface area contributed by atoms with Gasteiger partial charge in [0.25, 0.3) is 5.91 Å². The topological polar surface area (TPSA) is 49.2 Å². The Morgan fingerprint density at radius 2 is 1.45 bits per heavy atom. The lowest BCUT2D eigenvalue weighted by Gasteiger charge is -2.36. The van der Waals surface area contributed by atoms with Crippen molar-refractivity contribution in [2.45, 2.75) is 32.7 Å². The van der Waals surface area contributed by atoms with E-state index >= 15 is 0 Å². The number of para-hydroxylation sites is 2. The summed E-state index contributed by atoms with van der Waals surface area (Å²) in [4.78, 5) is 19.4. The predicted octanol–water partition coefficient (Wildman–Crippen LogP) is 6.86. The van der Waals surface area contributed by atoms with Crippen molar-refractivity contribution in [2.24, 2.45) is 0 Å². The van der Waals surface area contributed by atoms with Crippen molar-refractivity contribution in [3.8, 4) is 5.75 Å². The molecule has 0 aliphatic carbocycles. The van der Waals surface area contributed by atoms with Gasteiger partial charge in [-0.3, -0.25) is 9.69 Å². The van der Waals surface area contributed by atoms with Crippen LogP contribution in [0.25, 0.3) is 0 Å². The number of halogens is 3. The molecule has 1 aromatic heterocycles. The number of carbonyl (C=O) groups excluding carboxylic acids is 1. The summed E-state index contributed by atoms with van der Waals surface area (Å²) in [6.45, 7) is 6.41. The standard InChI is InChI=1S/C33H34F3N3O3/c1-2-41-30-11-7-6-10-29(30)38-18-20-39(21-19-38)32(40)31-17-16-28(42-31)24-37(22-25-8-4-3-5-9-25)23-26-12-14-27(15-13-26)33(34,35)36/h3-17H,2,18-24H2,1H3. The van der Waals surface area contributed by atoms with Gasteiger partial charge in [0.05, 0.1) is 24.4 Å². The zero-order chi connectivity index (χ0) is 29.5. The fourth-order valence-electron chi connectivity index (χ4n) is 5.17. The summed E-state index contributed by atoms with van der Waals surface area (Å²) >= 11 is 0. The number of rotatable bonds is 10. The number of benzene rings is 3. The number of amides is 1. The fourth-order valence-corrected chi connectivity index (χ4v) is 5.17. The summed E-state index contributed by atoms with van der Waals surface area (Å²) in [5, 5.41) is 0. The van der Waals surface area contributed by atoms with Gasteiger partial charge in [0.1, 0.15) is 11.5 Å². The number of alkyl halides is 3. The van der Waals surface area contributed by atoms with Crippen molar-refractivity contribution in [1.29, 1.82) is 0 Å². The number of hydrogen-bond acceptors (Lipinski definition) is 5. The highest BCUT2D eigenvalue weighted by Gasteiger charge is 2.30. The van der Waals surface area contributed by atoms with Crippen molar-refractivity contribution < 1.29 is 27.1 Å². The van der Waals surface area contributed by atoms with E-state index in [1.54, 1.807) is 17.0 Å². The van der Waals surface area contributed by atoms with Gasteiger partial charge in [0.2, 0.25) is 0 Å². The van der Waals surface area contributed by atoms with Crippen LogP contribution in [0.4, 0.5) is 18.9 Å². The number of piperazine rings is 1. The number of hydrogen-bond donors (Lipinski definition) is 0. The summed E-state index contributed by atoms with van der Waals surface area (Å²) in [7, 11) is 0. The maximum Gasteiger partial charge on any atom is 0.416 e. The Labute approximate surface area is 243 Å². The van der Waals surface area contributed by atoms with E-state index in [-0.39, 0.29) is 11.7 Å². The zero-order valence-corrected chi connectivity index (χ0v) is 23.5. The van der Waals surface area contributed by atoms with Crippen LogP contribution < -0.4 is 9.64 Å². The maximum absolute atomic E-state index is 13.3. The van der Waals surface area contributed by atoms with E-state index in [2.05, 4.69) is 9.80 Å². The van der Waals surface area contributed by atoms with Crippen LogP contribution in [0.15, 0.2) is 95.4 Å². The molecule has 5 rings (SSSR count). The van der Waals surface area contributed by atoms with Crippen molar-refractivity contribution in [3.63, 3.8) is 0 Å². The van der Waals surface area contributed by atoms with Crippen LogP contribution in [0, 0.1) is 0 Å². The number of ether oxygens (including phenoxy) is 1. The first-order valence-electron chi connectivity index (χ1n) is 14.1. The Kier molecular flexibility index (Phi) is 9.17. The molecule has 4 aromatic rings. The van der Waals surface area contributed by atoms with Gasteiger partial charge < -0.3 is 19.0 Å². The van der Waals surface area contributed by atoms with Gasteiger partial charge in [-0.25, -0.2) is 0 Å². The average molecular weight is 578 g/mol. The third-order valence-corrected chi connectivity index (χ3v) is 7.26. The summed E-state index contributed by atoms with van der Waals surface area (Å²) < 4.78 is 50.9. The largest absolute Gasteiger partial charge is 0.492 e. The van der Waals surface area contributed by atoms with Gasteiger partial charge in [-0.05, 0) is 54.4 Å². The minimum atomic E-state index is -4.38. The molecule has 2 heterocycles. The third-order valence-electron chi connectivity index (χ3n) is 7.26. The highest BCUT2D eigenvalue weighted by molar-refractivity contribution is 5.91. The minimum Gasteiger partial charge on any atom is -0.492 e. The SMILES string of the molecule is CCOc1ccccc1N1CCN(C(=O)c2ccc(CN(Cc3ccccc3)Cc3ccc(C(F)(F)F)cc3)o2)CC1. The molecule has 0 N–H and O–H groups in total. The molecule has 3 aromatic carbocycles. The van der Waals surface area contributed by atoms with Crippen LogP contribution in [-0.4, -0.2) is 48.5 Å². The first kappa shape index (κ1) is 29.3. The summed E-state index contributed by atoms with van der Waals surface area (Å²) in [6, 6.07) is 26.5. The predicted molar refractivity (Wildman–Crippen MR) is 155 cm³/mol. The number of furan rings is 1. The molecule has 1 aliphatic rings. The van der Waals surface area contributed by atoms with Crippen molar-refractivity contribution in [1.82, 2.24) is 9.80 Å². The van der Waals surface area contributed by atoms with E-state index in [1.807, 2.05) is 61.5 Å². The van der Waals surface area contributed by atoms with E-state index < -0.39 is 11.7 Å². The summed E-state index contributed by atoms with van der Waals surface area (Å²) in [5.74, 6) is 1.58. The smallest absolute Gasteiger partial charge is 0.416 e. The van der Waals surface area contributed by atoms with Crippen LogP contribution in [0.3, 0.4) is 0 Å². The van der Waals surface area contributed by atoms with Crippen LogP contribution in [0.1, 0.15) is 39.9 Å². The quantitative estimate of drug-likeness (QED) is 0.206. The molecular weight excluding hydrogens is 543 g/mol. The fraction of sp³-hybridized carbons (Fsp3) is 0.303. The second-order valence-electron chi connectivity index (χ2n) is 10.3. The second-order valence-corrected chi connectivity index (χ2v) is 10.3. The molecule has 6 nitrogen and oxygen atoms in total. The number of anilines is 1. The monoisotopic (exact) mass is 577 g/mol. The lowest BCUT2D eigenvalue weighted by molar-refractivity contribution is -0.137. The van der Waals surface area contributed by atoms with E-state index in [0.717, 1.165) is 34.7 Å². The van der Waals surface area contributed by atoms with Crippen LogP contribution >= 0.6 is 0 Å². The molecule has 0 bridgehead atoms. The Hall–Kier alpha value is -4.24. The maximum atomic E-state index is 13.3. The molecule has 0 spiro atoms. The molecule has 220 valence electrons.